The smallest absolute Gasteiger partial charge is 0.235 e. The minimum Gasteiger partial charge on any atom is -0.368 e. The predicted octanol–water partition coefficient (Wildman–Crippen LogP) is -1.25. The van der Waals surface area contributed by atoms with E-state index in [9.17, 15) is 4.79 Å². The van der Waals surface area contributed by atoms with Crippen molar-refractivity contribution in [1.82, 2.24) is 4.90 Å². The first-order valence-electron chi connectivity index (χ1n) is 4.44. The number of nitrogens with zero attached hydrogens (tertiary/aromatic N) is 1. The van der Waals surface area contributed by atoms with Crippen LogP contribution in [-0.2, 0) is 4.79 Å². The second kappa shape index (κ2) is 2.71. The van der Waals surface area contributed by atoms with Gasteiger partial charge in [0.05, 0.1) is 6.04 Å². The molecule has 68 valence electrons. The highest BCUT2D eigenvalue weighted by Crippen LogP contribution is 2.44. The summed E-state index contributed by atoms with van der Waals surface area (Å²) in [6.07, 6.45) is 1.38. The van der Waals surface area contributed by atoms with Crippen LogP contribution in [0.5, 0.6) is 0 Å². The number of likely N-dealkylation sites (tertiary alicyclic amines) is 1. The highest BCUT2D eigenvalue weighted by atomic mass is 16.1. The molecule has 2 rings (SSSR count). The summed E-state index contributed by atoms with van der Waals surface area (Å²) in [6, 6.07) is -0.484. The summed E-state index contributed by atoms with van der Waals surface area (Å²) in [7, 11) is 0. The average Bonchev–Trinajstić information content (AvgIpc) is 2.59. The highest BCUT2D eigenvalue weighted by Gasteiger charge is 2.45. The van der Waals surface area contributed by atoms with Crippen LogP contribution in [0, 0.1) is 11.8 Å². The fraction of sp³-hybridized carbons (Fsp3) is 0.875. The van der Waals surface area contributed by atoms with E-state index >= 15 is 0 Å². The number of hydrogen-bond acceptors (Lipinski definition) is 3. The number of hydrogen-bond donors (Lipinski definition) is 2. The molecule has 1 heterocycles. The van der Waals surface area contributed by atoms with Gasteiger partial charge in [-0.2, -0.15) is 0 Å². The lowest BCUT2D eigenvalue weighted by molar-refractivity contribution is -0.119. The third-order valence-corrected chi connectivity index (χ3v) is 2.87. The Kier molecular flexibility index (Phi) is 1.81. The second-order valence-corrected chi connectivity index (χ2v) is 3.98. The van der Waals surface area contributed by atoms with E-state index in [1.54, 1.807) is 0 Å². The average molecular weight is 169 g/mol. The lowest BCUT2D eigenvalue weighted by atomic mass is 10.2. The second-order valence-electron chi connectivity index (χ2n) is 3.98. The van der Waals surface area contributed by atoms with E-state index in [-0.39, 0.29) is 0 Å². The van der Waals surface area contributed by atoms with E-state index in [0.717, 1.165) is 24.9 Å². The first kappa shape index (κ1) is 8.01. The molecule has 0 aromatic heterocycles. The van der Waals surface area contributed by atoms with E-state index in [0.29, 0.717) is 6.54 Å². The lowest BCUT2D eigenvalue weighted by Gasteiger charge is -2.19. The van der Waals surface area contributed by atoms with Crippen molar-refractivity contribution in [1.29, 1.82) is 0 Å². The van der Waals surface area contributed by atoms with Gasteiger partial charge in [-0.15, -0.1) is 0 Å². The van der Waals surface area contributed by atoms with Crippen LogP contribution in [0.2, 0.25) is 0 Å². The SMILES string of the molecule is NC(=O)C(N)CN1CC2CC2C1. The summed E-state index contributed by atoms with van der Waals surface area (Å²) in [5, 5.41) is 0. The first-order valence-corrected chi connectivity index (χ1v) is 4.44. The quantitative estimate of drug-likeness (QED) is 0.554. The Morgan fingerprint density at radius 1 is 1.50 bits per heavy atom. The zero-order valence-corrected chi connectivity index (χ0v) is 7.07. The van der Waals surface area contributed by atoms with Gasteiger partial charge in [-0.05, 0) is 18.3 Å². The Bertz CT molecular complexity index is 196. The summed E-state index contributed by atoms with van der Waals surface area (Å²) in [5.74, 6) is 1.39. The molecular weight excluding hydrogens is 154 g/mol. The molecule has 2 fully saturated rings. The fourth-order valence-corrected chi connectivity index (χ4v) is 2.01. The molecule has 4 N–H and O–H groups in total. The number of piperidine rings is 1. The van der Waals surface area contributed by atoms with Crippen molar-refractivity contribution in [3.63, 3.8) is 0 Å². The number of carbonyl (C=O) groups is 1. The van der Waals surface area contributed by atoms with E-state index in [2.05, 4.69) is 4.90 Å². The summed E-state index contributed by atoms with van der Waals surface area (Å²) in [4.78, 5) is 12.9. The van der Waals surface area contributed by atoms with Gasteiger partial charge in [-0.3, -0.25) is 4.79 Å². The van der Waals surface area contributed by atoms with Crippen molar-refractivity contribution in [3.8, 4) is 0 Å². The molecule has 0 spiro atoms. The number of amides is 1. The maximum Gasteiger partial charge on any atom is 0.235 e. The Morgan fingerprint density at radius 2 is 2.08 bits per heavy atom. The normalized spacial score (nSPS) is 36.1. The minimum absolute atomic E-state index is 0.393. The molecule has 1 amide bonds. The molecule has 3 atom stereocenters. The van der Waals surface area contributed by atoms with Crippen LogP contribution in [-0.4, -0.2) is 36.5 Å². The van der Waals surface area contributed by atoms with Crippen molar-refractivity contribution in [2.75, 3.05) is 19.6 Å². The van der Waals surface area contributed by atoms with Crippen LogP contribution in [0.4, 0.5) is 0 Å². The van der Waals surface area contributed by atoms with Crippen LogP contribution >= 0.6 is 0 Å². The predicted molar refractivity (Wildman–Crippen MR) is 45.2 cm³/mol. The van der Waals surface area contributed by atoms with Crippen LogP contribution in [0.1, 0.15) is 6.42 Å². The van der Waals surface area contributed by atoms with Gasteiger partial charge in [0.2, 0.25) is 5.91 Å². The first-order chi connectivity index (χ1) is 5.66. The zero-order chi connectivity index (χ0) is 8.72. The number of rotatable bonds is 3. The van der Waals surface area contributed by atoms with Crippen LogP contribution in [0.25, 0.3) is 0 Å². The van der Waals surface area contributed by atoms with Crippen molar-refractivity contribution >= 4 is 5.91 Å². The van der Waals surface area contributed by atoms with Crippen LogP contribution in [0.3, 0.4) is 0 Å². The topological polar surface area (TPSA) is 72.3 Å². The molecule has 3 unspecified atom stereocenters. The molecule has 12 heavy (non-hydrogen) atoms. The monoisotopic (exact) mass is 169 g/mol. The maximum atomic E-state index is 10.7. The Hall–Kier alpha value is -0.610. The summed E-state index contributed by atoms with van der Waals surface area (Å²) in [5.41, 5.74) is 10.6. The summed E-state index contributed by atoms with van der Waals surface area (Å²) in [6.45, 7) is 2.87. The third-order valence-electron chi connectivity index (χ3n) is 2.87. The van der Waals surface area contributed by atoms with E-state index in [1.807, 2.05) is 0 Å². The summed E-state index contributed by atoms with van der Waals surface area (Å²) >= 11 is 0. The largest absolute Gasteiger partial charge is 0.368 e. The van der Waals surface area contributed by atoms with Gasteiger partial charge in [-0.1, -0.05) is 0 Å². The molecular formula is C8H15N3O. The van der Waals surface area contributed by atoms with Crippen molar-refractivity contribution in [2.45, 2.75) is 12.5 Å². The molecule has 1 saturated carbocycles. The molecule has 1 aliphatic heterocycles. The molecule has 2 aliphatic rings. The molecule has 4 heteroatoms. The van der Waals surface area contributed by atoms with Gasteiger partial charge in [0.1, 0.15) is 0 Å². The van der Waals surface area contributed by atoms with Crippen LogP contribution in [0.15, 0.2) is 0 Å². The van der Waals surface area contributed by atoms with Gasteiger partial charge in [0.15, 0.2) is 0 Å². The van der Waals surface area contributed by atoms with Crippen LogP contribution < -0.4 is 11.5 Å². The van der Waals surface area contributed by atoms with Crippen molar-refractivity contribution in [2.24, 2.45) is 23.3 Å². The number of fused-ring (bicyclic) bond motifs is 1. The van der Waals surface area contributed by atoms with Crippen molar-refractivity contribution < 1.29 is 4.79 Å². The Labute approximate surface area is 71.9 Å². The molecule has 1 saturated heterocycles. The van der Waals surface area contributed by atoms with E-state index in [1.165, 1.54) is 6.42 Å². The lowest BCUT2D eigenvalue weighted by Crippen LogP contribution is -2.45. The fourth-order valence-electron chi connectivity index (χ4n) is 2.01. The number of nitrogens with two attached hydrogens (primary N) is 2. The van der Waals surface area contributed by atoms with Gasteiger partial charge in [-0.25, -0.2) is 0 Å². The molecule has 0 bridgehead atoms. The molecule has 0 aromatic rings. The van der Waals surface area contributed by atoms with Gasteiger partial charge >= 0.3 is 0 Å². The third kappa shape index (κ3) is 1.44. The Balaban J connectivity index is 1.76. The van der Waals surface area contributed by atoms with Gasteiger partial charge < -0.3 is 16.4 Å². The van der Waals surface area contributed by atoms with E-state index in [4.69, 9.17) is 11.5 Å². The number of primary amides is 1. The maximum absolute atomic E-state index is 10.7. The molecule has 0 aromatic carbocycles. The van der Waals surface area contributed by atoms with Crippen molar-refractivity contribution in [3.05, 3.63) is 0 Å². The van der Waals surface area contributed by atoms with Gasteiger partial charge in [0, 0.05) is 19.6 Å². The van der Waals surface area contributed by atoms with Gasteiger partial charge in [0.25, 0.3) is 0 Å². The minimum atomic E-state index is -0.484. The standard InChI is InChI=1S/C8H15N3O/c9-7(8(10)12)4-11-2-5-1-6(5)3-11/h5-7H,1-4,9H2,(H2,10,12). The Morgan fingerprint density at radius 3 is 2.58 bits per heavy atom. The molecule has 4 nitrogen and oxygen atoms in total. The highest BCUT2D eigenvalue weighted by molar-refractivity contribution is 5.79. The molecule has 0 radical (unpaired) electrons. The number of carbonyl (C=O) groups excluding carboxylic acids is 1. The molecule has 1 aliphatic carbocycles. The summed E-state index contributed by atoms with van der Waals surface area (Å²) < 4.78 is 0. The zero-order valence-electron chi connectivity index (χ0n) is 7.07. The van der Waals surface area contributed by atoms with E-state index < -0.39 is 11.9 Å².